The summed E-state index contributed by atoms with van der Waals surface area (Å²) in [7, 11) is -4.32. The molecule has 7 nitrogen and oxygen atoms in total. The third-order valence-electron chi connectivity index (χ3n) is 3.82. The van der Waals surface area contributed by atoms with E-state index in [1.54, 1.807) is 10.8 Å². The summed E-state index contributed by atoms with van der Waals surface area (Å²) in [5.41, 5.74) is -2.90. The second kappa shape index (κ2) is 7.08. The van der Waals surface area contributed by atoms with Gasteiger partial charge in [-0.15, -0.1) is 0 Å². The molecule has 146 valence electrons. The van der Waals surface area contributed by atoms with Gasteiger partial charge in [-0.2, -0.15) is 13.2 Å². The zero-order valence-corrected chi connectivity index (χ0v) is 14.8. The van der Waals surface area contributed by atoms with Crippen molar-refractivity contribution in [1.29, 1.82) is 0 Å². The molecular formula is C17H12F3N3O4S. The summed E-state index contributed by atoms with van der Waals surface area (Å²) < 4.78 is 65.7. The number of carbonyl (C=O) groups excluding carboxylic acids is 1. The predicted molar refractivity (Wildman–Crippen MR) is 92.8 cm³/mol. The molecule has 0 radical (unpaired) electrons. The lowest BCUT2D eigenvalue weighted by Crippen LogP contribution is -2.37. The fraction of sp³-hybridized carbons (Fsp3) is 0.118. The van der Waals surface area contributed by atoms with Gasteiger partial charge in [0, 0.05) is 29.4 Å². The van der Waals surface area contributed by atoms with E-state index in [9.17, 15) is 31.2 Å². The molecule has 0 atom stereocenters. The van der Waals surface area contributed by atoms with Crippen LogP contribution in [0.2, 0.25) is 0 Å². The van der Waals surface area contributed by atoms with E-state index < -0.39 is 39.8 Å². The predicted octanol–water partition coefficient (Wildman–Crippen LogP) is 1.92. The van der Waals surface area contributed by atoms with Gasteiger partial charge in [0.2, 0.25) is 0 Å². The van der Waals surface area contributed by atoms with Gasteiger partial charge < -0.3 is 4.57 Å². The molecule has 0 unspecified atom stereocenters. The Hall–Kier alpha value is -3.21. The Kier molecular flexibility index (Phi) is 4.94. The van der Waals surface area contributed by atoms with Gasteiger partial charge in [-0.3, -0.25) is 14.6 Å². The summed E-state index contributed by atoms with van der Waals surface area (Å²) in [6.07, 6.45) is -1.10. The van der Waals surface area contributed by atoms with Crippen LogP contribution >= 0.6 is 0 Å². The summed E-state index contributed by atoms with van der Waals surface area (Å²) in [4.78, 5) is 27.7. The first-order valence-corrected chi connectivity index (χ1v) is 9.23. The van der Waals surface area contributed by atoms with Crippen molar-refractivity contribution in [2.45, 2.75) is 17.6 Å². The fourth-order valence-corrected chi connectivity index (χ4v) is 3.80. The van der Waals surface area contributed by atoms with Crippen molar-refractivity contribution in [3.63, 3.8) is 0 Å². The van der Waals surface area contributed by atoms with Crippen molar-refractivity contribution in [3.05, 3.63) is 70.9 Å². The van der Waals surface area contributed by atoms with Crippen LogP contribution in [0.4, 0.5) is 13.2 Å². The molecule has 0 aliphatic carbocycles. The molecule has 11 heteroatoms. The Morgan fingerprint density at radius 3 is 2.61 bits per heavy atom. The minimum Gasteiger partial charge on any atom is -0.306 e. The van der Waals surface area contributed by atoms with Gasteiger partial charge in [-0.05, 0) is 24.3 Å². The topological polar surface area (TPSA) is 98.1 Å². The van der Waals surface area contributed by atoms with Gasteiger partial charge in [0.05, 0.1) is 4.90 Å². The van der Waals surface area contributed by atoms with Crippen LogP contribution < -0.4 is 10.3 Å². The lowest BCUT2D eigenvalue weighted by molar-refractivity contribution is -0.139. The van der Waals surface area contributed by atoms with Gasteiger partial charge in [0.15, 0.2) is 0 Å². The normalized spacial score (nSPS) is 12.1. The average molecular weight is 411 g/mol. The Labute approximate surface area is 156 Å². The summed E-state index contributed by atoms with van der Waals surface area (Å²) in [5.74, 6) is -1.16. The molecule has 3 aromatic rings. The van der Waals surface area contributed by atoms with Crippen LogP contribution in [0.15, 0.2) is 64.7 Å². The number of rotatable bonds is 4. The molecule has 0 fully saturated rings. The average Bonchev–Trinajstić information content (AvgIpc) is 2.61. The standard InChI is InChI=1S/C17H12F3N3O4S/c18-17(19,20)13-4-2-8-23(16(13)25)10-15(24)22-28(26,27)14-5-1-3-11-9-21-7-6-12(11)14/h1-9H,10H2,(H,22,24). The number of hydrogen-bond acceptors (Lipinski definition) is 5. The molecule has 28 heavy (non-hydrogen) atoms. The Morgan fingerprint density at radius 2 is 1.89 bits per heavy atom. The smallest absolute Gasteiger partial charge is 0.306 e. The van der Waals surface area contributed by atoms with Gasteiger partial charge in [-0.25, -0.2) is 13.1 Å². The zero-order chi connectivity index (χ0) is 20.5. The lowest BCUT2D eigenvalue weighted by atomic mass is 10.2. The fourth-order valence-electron chi connectivity index (χ4n) is 2.60. The van der Waals surface area contributed by atoms with E-state index in [1.165, 1.54) is 30.6 Å². The van der Waals surface area contributed by atoms with Crippen LogP contribution in [-0.2, 0) is 27.5 Å². The number of fused-ring (bicyclic) bond motifs is 1. The minimum atomic E-state index is -4.89. The number of halogens is 3. The number of pyridine rings is 2. The van der Waals surface area contributed by atoms with Crippen molar-refractivity contribution in [2.75, 3.05) is 0 Å². The number of carbonyl (C=O) groups is 1. The van der Waals surface area contributed by atoms with Crippen molar-refractivity contribution in [3.8, 4) is 0 Å². The van der Waals surface area contributed by atoms with Gasteiger partial charge in [0.1, 0.15) is 12.1 Å². The van der Waals surface area contributed by atoms with E-state index in [0.29, 0.717) is 21.4 Å². The first-order chi connectivity index (χ1) is 13.1. The first-order valence-electron chi connectivity index (χ1n) is 7.74. The molecule has 0 spiro atoms. The summed E-state index contributed by atoms with van der Waals surface area (Å²) >= 11 is 0. The maximum Gasteiger partial charge on any atom is 0.421 e. The summed E-state index contributed by atoms with van der Waals surface area (Å²) in [6.45, 7) is -0.895. The lowest BCUT2D eigenvalue weighted by Gasteiger charge is -2.12. The molecule has 1 amide bonds. The minimum absolute atomic E-state index is 0.197. The third kappa shape index (κ3) is 3.88. The largest absolute Gasteiger partial charge is 0.421 e. The van der Waals surface area contributed by atoms with E-state index in [0.717, 1.165) is 12.3 Å². The molecular weight excluding hydrogens is 399 g/mol. The first kappa shape index (κ1) is 19.5. The molecule has 0 aliphatic heterocycles. The van der Waals surface area contributed by atoms with E-state index in [1.807, 2.05) is 0 Å². The van der Waals surface area contributed by atoms with E-state index in [2.05, 4.69) is 4.98 Å². The second-order valence-corrected chi connectivity index (χ2v) is 7.39. The maximum absolute atomic E-state index is 12.8. The molecule has 2 heterocycles. The second-order valence-electron chi connectivity index (χ2n) is 5.73. The van der Waals surface area contributed by atoms with Crippen LogP contribution in [-0.4, -0.2) is 23.9 Å². The number of nitrogens with zero attached hydrogens (tertiary/aromatic N) is 2. The van der Waals surface area contributed by atoms with Crippen LogP contribution in [0.3, 0.4) is 0 Å². The Bertz CT molecular complexity index is 1210. The van der Waals surface area contributed by atoms with Gasteiger partial charge in [-0.1, -0.05) is 12.1 Å². The molecule has 0 saturated heterocycles. The van der Waals surface area contributed by atoms with Crippen LogP contribution in [0.1, 0.15) is 5.56 Å². The van der Waals surface area contributed by atoms with E-state index in [4.69, 9.17) is 0 Å². The van der Waals surface area contributed by atoms with E-state index in [-0.39, 0.29) is 4.90 Å². The molecule has 1 N–H and O–H groups in total. The number of aromatic nitrogens is 2. The monoisotopic (exact) mass is 411 g/mol. The highest BCUT2D eigenvalue weighted by Gasteiger charge is 2.34. The molecule has 2 aromatic heterocycles. The highest BCUT2D eigenvalue weighted by atomic mass is 32.2. The Balaban J connectivity index is 1.88. The Morgan fingerprint density at radius 1 is 1.14 bits per heavy atom. The van der Waals surface area contributed by atoms with E-state index >= 15 is 0 Å². The molecule has 0 saturated carbocycles. The number of hydrogen-bond donors (Lipinski definition) is 1. The molecule has 0 aliphatic rings. The van der Waals surface area contributed by atoms with Crippen molar-refractivity contribution in [2.24, 2.45) is 0 Å². The van der Waals surface area contributed by atoms with Crippen molar-refractivity contribution >= 4 is 26.7 Å². The SMILES string of the molecule is O=C(Cn1cccc(C(F)(F)F)c1=O)NS(=O)(=O)c1cccc2cnccc12. The summed E-state index contributed by atoms with van der Waals surface area (Å²) in [5, 5.41) is 0.834. The van der Waals surface area contributed by atoms with Crippen LogP contribution in [0.25, 0.3) is 10.8 Å². The number of alkyl halides is 3. The van der Waals surface area contributed by atoms with Crippen molar-refractivity contribution < 1.29 is 26.4 Å². The summed E-state index contributed by atoms with van der Waals surface area (Å²) in [6, 6.07) is 7.34. The zero-order valence-electron chi connectivity index (χ0n) is 14.0. The quantitative estimate of drug-likeness (QED) is 0.707. The van der Waals surface area contributed by atoms with Crippen LogP contribution in [0.5, 0.6) is 0 Å². The molecule has 1 aromatic carbocycles. The maximum atomic E-state index is 12.8. The highest BCUT2D eigenvalue weighted by molar-refractivity contribution is 7.90. The molecule has 0 bridgehead atoms. The number of benzene rings is 1. The number of sulfonamides is 1. The number of amides is 1. The van der Waals surface area contributed by atoms with Gasteiger partial charge >= 0.3 is 6.18 Å². The van der Waals surface area contributed by atoms with Crippen molar-refractivity contribution in [1.82, 2.24) is 14.3 Å². The third-order valence-corrected chi connectivity index (χ3v) is 5.25. The highest BCUT2D eigenvalue weighted by Crippen LogP contribution is 2.26. The molecule has 3 rings (SSSR count). The van der Waals surface area contributed by atoms with Crippen LogP contribution in [0, 0.1) is 0 Å². The van der Waals surface area contributed by atoms with Gasteiger partial charge in [0.25, 0.3) is 21.5 Å². The number of nitrogens with one attached hydrogen (secondary N) is 1.